The molecule has 178 valence electrons. The first kappa shape index (κ1) is 23.2. The second kappa shape index (κ2) is 9.25. The van der Waals surface area contributed by atoms with Gasteiger partial charge in [0.25, 0.3) is 5.91 Å². The zero-order chi connectivity index (χ0) is 24.7. The zero-order valence-corrected chi connectivity index (χ0v) is 20.3. The molecule has 0 bridgehead atoms. The first-order valence-corrected chi connectivity index (χ1v) is 11.8. The average Bonchev–Trinajstić information content (AvgIpc) is 3.31. The van der Waals surface area contributed by atoms with Crippen LogP contribution in [0.25, 0.3) is 0 Å². The number of piperazine rings is 1. The molecule has 1 unspecified atom stereocenters. The lowest BCUT2D eigenvalue weighted by Gasteiger charge is -2.39. The Kier molecular flexibility index (Phi) is 6.13. The van der Waals surface area contributed by atoms with Crippen LogP contribution < -0.4 is 9.80 Å². The van der Waals surface area contributed by atoms with Gasteiger partial charge in [-0.2, -0.15) is 10.4 Å². The molecule has 1 aromatic heterocycles. The number of benzene rings is 2. The van der Waals surface area contributed by atoms with Gasteiger partial charge in [-0.1, -0.05) is 35.3 Å². The molecule has 3 heterocycles. The highest BCUT2D eigenvalue weighted by molar-refractivity contribution is 6.42. The molecule has 35 heavy (non-hydrogen) atoms. The molecule has 0 spiro atoms. The minimum atomic E-state index is -0.642. The van der Waals surface area contributed by atoms with Gasteiger partial charge < -0.3 is 14.7 Å². The SMILES string of the molecule is CN1C=C(C(=O)N2CCN(c3ccc(F)cc3)CC2)C(c2cccc(Cl)c2Cl)n2ncc(C#N)c21. The van der Waals surface area contributed by atoms with Crippen molar-refractivity contribution in [1.29, 1.82) is 5.26 Å². The molecule has 10 heteroatoms. The number of carbonyl (C=O) groups is 1. The minimum absolute atomic E-state index is 0.142. The van der Waals surface area contributed by atoms with Crippen molar-refractivity contribution in [2.45, 2.75) is 6.04 Å². The highest BCUT2D eigenvalue weighted by atomic mass is 35.5. The number of carbonyl (C=O) groups excluding carboxylic acids is 1. The van der Waals surface area contributed by atoms with Gasteiger partial charge in [-0.05, 0) is 30.3 Å². The Hall–Kier alpha value is -3.54. The summed E-state index contributed by atoms with van der Waals surface area (Å²) in [5.41, 5.74) is 2.42. The molecule has 0 radical (unpaired) electrons. The molecule has 0 saturated carbocycles. The first-order chi connectivity index (χ1) is 16.9. The molecule has 7 nitrogen and oxygen atoms in total. The van der Waals surface area contributed by atoms with Gasteiger partial charge in [0.2, 0.25) is 0 Å². The van der Waals surface area contributed by atoms with Gasteiger partial charge in [0.05, 0.1) is 21.8 Å². The van der Waals surface area contributed by atoms with Crippen molar-refractivity contribution in [2.24, 2.45) is 0 Å². The molecule has 2 aromatic carbocycles. The van der Waals surface area contributed by atoms with Gasteiger partial charge in [0.15, 0.2) is 0 Å². The fraction of sp³-hybridized carbons (Fsp3) is 0.240. The Balaban J connectivity index is 1.47. The fourth-order valence-electron chi connectivity index (χ4n) is 4.65. The molecular weight excluding hydrogens is 490 g/mol. The van der Waals surface area contributed by atoms with Crippen LogP contribution in [0.5, 0.6) is 0 Å². The van der Waals surface area contributed by atoms with Crippen LogP contribution in [0.2, 0.25) is 10.0 Å². The van der Waals surface area contributed by atoms with Crippen LogP contribution >= 0.6 is 23.2 Å². The van der Waals surface area contributed by atoms with E-state index in [-0.39, 0.29) is 11.7 Å². The van der Waals surface area contributed by atoms with E-state index in [0.29, 0.717) is 58.7 Å². The van der Waals surface area contributed by atoms with Gasteiger partial charge in [0, 0.05) is 50.7 Å². The molecule has 1 fully saturated rings. The summed E-state index contributed by atoms with van der Waals surface area (Å²) in [5, 5.41) is 14.7. The molecule has 0 aliphatic carbocycles. The van der Waals surface area contributed by atoms with E-state index in [9.17, 15) is 14.4 Å². The van der Waals surface area contributed by atoms with Crippen LogP contribution in [0.15, 0.2) is 60.4 Å². The van der Waals surface area contributed by atoms with Gasteiger partial charge in [-0.3, -0.25) is 4.79 Å². The van der Waals surface area contributed by atoms with Crippen molar-refractivity contribution in [3.63, 3.8) is 0 Å². The van der Waals surface area contributed by atoms with Crippen LogP contribution in [0.4, 0.5) is 15.9 Å². The van der Waals surface area contributed by atoms with E-state index in [1.807, 2.05) is 6.07 Å². The van der Waals surface area contributed by atoms with E-state index in [1.54, 1.807) is 52.0 Å². The second-order valence-electron chi connectivity index (χ2n) is 8.43. The number of hydrogen-bond donors (Lipinski definition) is 0. The van der Waals surface area contributed by atoms with Crippen molar-refractivity contribution in [3.8, 4) is 6.07 Å². The smallest absolute Gasteiger partial charge is 0.253 e. The second-order valence-corrected chi connectivity index (χ2v) is 9.22. The molecule has 5 rings (SSSR count). The predicted molar refractivity (Wildman–Crippen MR) is 133 cm³/mol. The summed E-state index contributed by atoms with van der Waals surface area (Å²) in [7, 11) is 1.78. The summed E-state index contributed by atoms with van der Waals surface area (Å²) >= 11 is 12.9. The van der Waals surface area contributed by atoms with Crippen LogP contribution in [-0.4, -0.2) is 53.8 Å². The number of amides is 1. The number of rotatable bonds is 3. The molecule has 1 atom stereocenters. The van der Waals surface area contributed by atoms with Crippen molar-refractivity contribution in [1.82, 2.24) is 14.7 Å². The number of halogens is 3. The minimum Gasteiger partial charge on any atom is -0.368 e. The Labute approximate surface area is 212 Å². The van der Waals surface area contributed by atoms with Crippen molar-refractivity contribution in [2.75, 3.05) is 43.0 Å². The fourth-order valence-corrected chi connectivity index (χ4v) is 5.06. The summed E-state index contributed by atoms with van der Waals surface area (Å²) in [6.07, 6.45) is 3.23. The van der Waals surface area contributed by atoms with Crippen LogP contribution in [0.1, 0.15) is 17.2 Å². The summed E-state index contributed by atoms with van der Waals surface area (Å²) in [5.74, 6) is 0.154. The maximum Gasteiger partial charge on any atom is 0.253 e. The topological polar surface area (TPSA) is 68.4 Å². The largest absolute Gasteiger partial charge is 0.368 e. The van der Waals surface area contributed by atoms with Gasteiger partial charge in [-0.25, -0.2) is 9.07 Å². The third kappa shape index (κ3) is 4.11. The summed E-state index contributed by atoms with van der Waals surface area (Å²) in [6.45, 7) is 2.24. The molecule has 1 amide bonds. The number of hydrogen-bond acceptors (Lipinski definition) is 5. The van der Waals surface area contributed by atoms with E-state index in [2.05, 4.69) is 16.1 Å². The lowest BCUT2D eigenvalue weighted by molar-refractivity contribution is -0.127. The van der Waals surface area contributed by atoms with E-state index in [4.69, 9.17) is 23.2 Å². The molecular formula is C25H21Cl2FN6O. The quantitative estimate of drug-likeness (QED) is 0.519. The molecule has 0 N–H and O–H groups in total. The van der Waals surface area contributed by atoms with Crippen molar-refractivity contribution < 1.29 is 9.18 Å². The average molecular weight is 511 g/mol. The lowest BCUT2D eigenvalue weighted by Crippen LogP contribution is -2.50. The maximum atomic E-state index is 13.8. The predicted octanol–water partition coefficient (Wildman–Crippen LogP) is 4.47. The Morgan fingerprint density at radius 2 is 1.83 bits per heavy atom. The maximum absolute atomic E-state index is 13.8. The van der Waals surface area contributed by atoms with Crippen LogP contribution in [0.3, 0.4) is 0 Å². The highest BCUT2D eigenvalue weighted by Crippen LogP contribution is 2.41. The number of aromatic nitrogens is 2. The number of anilines is 2. The van der Waals surface area contributed by atoms with E-state index >= 15 is 0 Å². The van der Waals surface area contributed by atoms with E-state index < -0.39 is 6.04 Å². The summed E-state index contributed by atoms with van der Waals surface area (Å²) in [6, 6.07) is 13.2. The van der Waals surface area contributed by atoms with Crippen molar-refractivity contribution in [3.05, 3.63) is 87.4 Å². The normalized spacial score (nSPS) is 17.6. The number of nitriles is 1. The first-order valence-electron chi connectivity index (χ1n) is 11.0. The summed E-state index contributed by atoms with van der Waals surface area (Å²) in [4.78, 5) is 19.5. The standard InChI is InChI=1S/C25H21Cl2FN6O/c1-31-15-20(25(35)33-11-9-32(10-12-33)18-7-5-17(28)6-8-18)23(19-3-2-4-21(26)22(19)27)34-24(31)16(13-29)14-30-34/h2-8,14-15,23H,9-12H2,1H3. The Bertz CT molecular complexity index is 1360. The monoisotopic (exact) mass is 510 g/mol. The molecule has 1 saturated heterocycles. The van der Waals surface area contributed by atoms with Gasteiger partial charge >= 0.3 is 0 Å². The molecule has 3 aromatic rings. The Morgan fingerprint density at radius 1 is 1.11 bits per heavy atom. The van der Waals surface area contributed by atoms with E-state index in [0.717, 1.165) is 5.69 Å². The third-order valence-electron chi connectivity index (χ3n) is 6.38. The zero-order valence-electron chi connectivity index (χ0n) is 18.8. The Morgan fingerprint density at radius 3 is 2.51 bits per heavy atom. The van der Waals surface area contributed by atoms with Crippen LogP contribution in [-0.2, 0) is 4.79 Å². The number of nitrogens with zero attached hydrogens (tertiary/aromatic N) is 6. The third-order valence-corrected chi connectivity index (χ3v) is 7.21. The van der Waals surface area contributed by atoms with Gasteiger partial charge in [-0.15, -0.1) is 0 Å². The molecule has 2 aliphatic heterocycles. The number of fused-ring (bicyclic) bond motifs is 1. The van der Waals surface area contributed by atoms with E-state index in [1.165, 1.54) is 18.3 Å². The summed E-state index contributed by atoms with van der Waals surface area (Å²) < 4.78 is 14.9. The van der Waals surface area contributed by atoms with Crippen LogP contribution in [0, 0.1) is 17.1 Å². The highest BCUT2D eigenvalue weighted by Gasteiger charge is 2.37. The van der Waals surface area contributed by atoms with Crippen molar-refractivity contribution >= 4 is 40.6 Å². The lowest BCUT2D eigenvalue weighted by atomic mass is 9.96. The van der Waals surface area contributed by atoms with Gasteiger partial charge in [0.1, 0.15) is 29.3 Å². The molecule has 2 aliphatic rings.